The van der Waals surface area contributed by atoms with E-state index in [-0.39, 0.29) is 5.91 Å². The van der Waals surface area contributed by atoms with E-state index in [1.807, 2.05) is 47.2 Å². The summed E-state index contributed by atoms with van der Waals surface area (Å²) in [5.74, 6) is -0.107. The Morgan fingerprint density at radius 2 is 1.97 bits per heavy atom. The number of carbonyl (C=O) groups excluding carboxylic acids is 1. The Hall–Kier alpha value is -3.12. The fourth-order valence-corrected chi connectivity index (χ4v) is 3.68. The lowest BCUT2D eigenvalue weighted by atomic mass is 10.1. The number of methoxy groups -OCH3 is 1. The Morgan fingerprint density at radius 3 is 2.66 bits per heavy atom. The van der Waals surface area contributed by atoms with Crippen LogP contribution in [0.1, 0.15) is 28.8 Å². The van der Waals surface area contributed by atoms with Crippen LogP contribution in [0.5, 0.6) is 0 Å². The molecule has 1 atom stereocenters. The summed E-state index contributed by atoms with van der Waals surface area (Å²) < 4.78 is 7.50. The average Bonchev–Trinajstić information content (AvgIpc) is 3.28. The molecule has 29 heavy (non-hydrogen) atoms. The second-order valence-electron chi connectivity index (χ2n) is 7.38. The molecule has 1 fully saturated rings. The van der Waals surface area contributed by atoms with E-state index < -0.39 is 0 Å². The highest BCUT2D eigenvalue weighted by Gasteiger charge is 2.19. The average molecular weight is 390 g/mol. The molecule has 0 bridgehead atoms. The van der Waals surface area contributed by atoms with Crippen LogP contribution in [0.2, 0.25) is 0 Å². The molecule has 0 spiro atoms. The van der Waals surface area contributed by atoms with Gasteiger partial charge >= 0.3 is 0 Å². The zero-order chi connectivity index (χ0) is 20.1. The third kappa shape index (κ3) is 4.84. The molecule has 1 saturated heterocycles. The van der Waals surface area contributed by atoms with Crippen molar-refractivity contribution in [2.24, 2.45) is 0 Å². The lowest BCUT2D eigenvalue weighted by Gasteiger charge is -2.33. The topological polar surface area (TPSA) is 59.4 Å². The second kappa shape index (κ2) is 8.92. The largest absolute Gasteiger partial charge is 0.380 e. The van der Waals surface area contributed by atoms with E-state index in [0.29, 0.717) is 11.7 Å². The first kappa shape index (κ1) is 19.2. The Morgan fingerprint density at radius 1 is 1.17 bits per heavy atom. The van der Waals surface area contributed by atoms with E-state index >= 15 is 0 Å². The standard InChI is InChI=1S/C23H26N4O2/c1-29-22-3-2-13-27(16-22)21-10-8-20(9-11-21)25-23(28)19-6-4-18(5-7-19)15-26-14-12-24-17-26/h4-12,14,17,22H,2-3,13,15-16H2,1H3,(H,25,28). The normalized spacial score (nSPS) is 16.6. The molecule has 1 aliphatic heterocycles. The first-order valence-corrected chi connectivity index (χ1v) is 9.95. The molecule has 6 nitrogen and oxygen atoms in total. The molecule has 1 aromatic heterocycles. The van der Waals surface area contributed by atoms with Gasteiger partial charge in [0.25, 0.3) is 5.91 Å². The van der Waals surface area contributed by atoms with Gasteiger partial charge < -0.3 is 19.5 Å². The van der Waals surface area contributed by atoms with Crippen molar-refractivity contribution >= 4 is 17.3 Å². The fraction of sp³-hybridized carbons (Fsp3) is 0.304. The van der Waals surface area contributed by atoms with Gasteiger partial charge in [0, 0.05) is 56.1 Å². The van der Waals surface area contributed by atoms with Crippen molar-refractivity contribution < 1.29 is 9.53 Å². The van der Waals surface area contributed by atoms with E-state index in [1.54, 1.807) is 19.6 Å². The fourth-order valence-electron chi connectivity index (χ4n) is 3.68. The predicted octanol–water partition coefficient (Wildman–Crippen LogP) is 3.80. The molecule has 1 aliphatic rings. The van der Waals surface area contributed by atoms with E-state index in [2.05, 4.69) is 27.3 Å². The van der Waals surface area contributed by atoms with Gasteiger partial charge in [0.1, 0.15) is 0 Å². The zero-order valence-electron chi connectivity index (χ0n) is 16.6. The smallest absolute Gasteiger partial charge is 0.255 e. The molecule has 4 rings (SSSR count). The van der Waals surface area contributed by atoms with Crippen LogP contribution in [-0.2, 0) is 11.3 Å². The van der Waals surface area contributed by atoms with Gasteiger partial charge in [-0.15, -0.1) is 0 Å². The van der Waals surface area contributed by atoms with Crippen LogP contribution in [0.15, 0.2) is 67.3 Å². The van der Waals surface area contributed by atoms with Gasteiger partial charge in [-0.2, -0.15) is 0 Å². The number of imidazole rings is 1. The molecule has 2 heterocycles. The minimum Gasteiger partial charge on any atom is -0.380 e. The summed E-state index contributed by atoms with van der Waals surface area (Å²) in [6.07, 6.45) is 8.00. The number of hydrogen-bond donors (Lipinski definition) is 1. The van der Waals surface area contributed by atoms with Gasteiger partial charge in [0.15, 0.2) is 0 Å². The highest BCUT2D eigenvalue weighted by molar-refractivity contribution is 6.04. The van der Waals surface area contributed by atoms with E-state index in [9.17, 15) is 4.79 Å². The number of amides is 1. The maximum absolute atomic E-state index is 12.6. The van der Waals surface area contributed by atoms with Crippen molar-refractivity contribution in [2.75, 3.05) is 30.4 Å². The molecule has 0 aliphatic carbocycles. The number of benzene rings is 2. The summed E-state index contributed by atoms with van der Waals surface area (Å²) in [6.45, 7) is 2.69. The summed E-state index contributed by atoms with van der Waals surface area (Å²) in [7, 11) is 1.77. The van der Waals surface area contributed by atoms with Crippen LogP contribution in [0.3, 0.4) is 0 Å². The highest BCUT2D eigenvalue weighted by atomic mass is 16.5. The number of ether oxygens (including phenoxy) is 1. The van der Waals surface area contributed by atoms with Crippen molar-refractivity contribution in [3.05, 3.63) is 78.4 Å². The minimum absolute atomic E-state index is 0.107. The number of carbonyl (C=O) groups is 1. The first-order valence-electron chi connectivity index (χ1n) is 9.95. The third-order valence-corrected chi connectivity index (χ3v) is 5.34. The third-order valence-electron chi connectivity index (χ3n) is 5.34. The van der Waals surface area contributed by atoms with Crippen molar-refractivity contribution in [1.82, 2.24) is 9.55 Å². The highest BCUT2D eigenvalue weighted by Crippen LogP contribution is 2.23. The first-order chi connectivity index (χ1) is 14.2. The Labute approximate surface area is 171 Å². The number of hydrogen-bond acceptors (Lipinski definition) is 4. The predicted molar refractivity (Wildman–Crippen MR) is 114 cm³/mol. The molecule has 6 heteroatoms. The van der Waals surface area contributed by atoms with Gasteiger partial charge in [0.2, 0.25) is 0 Å². The van der Waals surface area contributed by atoms with Crippen LogP contribution < -0.4 is 10.2 Å². The molecule has 0 radical (unpaired) electrons. The summed E-state index contributed by atoms with van der Waals surface area (Å²) in [5, 5.41) is 2.98. The quantitative estimate of drug-likeness (QED) is 0.696. The van der Waals surface area contributed by atoms with Crippen molar-refractivity contribution in [1.29, 1.82) is 0 Å². The van der Waals surface area contributed by atoms with Crippen molar-refractivity contribution in [3.8, 4) is 0 Å². The summed E-state index contributed by atoms with van der Waals surface area (Å²) in [6, 6.07) is 15.7. The van der Waals surface area contributed by atoms with Crippen molar-refractivity contribution in [2.45, 2.75) is 25.5 Å². The van der Waals surface area contributed by atoms with Crippen LogP contribution in [-0.4, -0.2) is 41.8 Å². The van der Waals surface area contributed by atoms with Gasteiger partial charge in [0.05, 0.1) is 12.4 Å². The molecule has 1 unspecified atom stereocenters. The second-order valence-corrected chi connectivity index (χ2v) is 7.38. The molecular weight excluding hydrogens is 364 g/mol. The van der Waals surface area contributed by atoms with Crippen molar-refractivity contribution in [3.63, 3.8) is 0 Å². The Kier molecular flexibility index (Phi) is 5.91. The van der Waals surface area contributed by atoms with E-state index in [0.717, 1.165) is 49.4 Å². The molecule has 3 aromatic rings. The number of nitrogens with zero attached hydrogens (tertiary/aromatic N) is 3. The number of nitrogens with one attached hydrogen (secondary N) is 1. The van der Waals surface area contributed by atoms with E-state index in [1.165, 1.54) is 0 Å². The molecule has 2 aromatic carbocycles. The number of anilines is 2. The number of aromatic nitrogens is 2. The maximum Gasteiger partial charge on any atom is 0.255 e. The lowest BCUT2D eigenvalue weighted by molar-refractivity contribution is 0.0893. The van der Waals surface area contributed by atoms with Gasteiger partial charge in [-0.3, -0.25) is 4.79 Å². The van der Waals surface area contributed by atoms with Crippen LogP contribution in [0, 0.1) is 0 Å². The zero-order valence-corrected chi connectivity index (χ0v) is 16.6. The SMILES string of the molecule is COC1CCCN(c2ccc(NC(=O)c3ccc(Cn4ccnc4)cc3)cc2)C1. The maximum atomic E-state index is 12.6. The van der Waals surface area contributed by atoms with Gasteiger partial charge in [-0.1, -0.05) is 12.1 Å². The molecular formula is C23H26N4O2. The van der Waals surface area contributed by atoms with Crippen LogP contribution in [0.25, 0.3) is 0 Å². The molecule has 1 N–H and O–H groups in total. The van der Waals surface area contributed by atoms with E-state index in [4.69, 9.17) is 4.74 Å². The molecule has 150 valence electrons. The lowest BCUT2D eigenvalue weighted by Crippen LogP contribution is -2.39. The summed E-state index contributed by atoms with van der Waals surface area (Å²) in [5.41, 5.74) is 3.72. The summed E-state index contributed by atoms with van der Waals surface area (Å²) >= 11 is 0. The van der Waals surface area contributed by atoms with Gasteiger partial charge in [-0.25, -0.2) is 4.98 Å². The number of piperidine rings is 1. The van der Waals surface area contributed by atoms with Gasteiger partial charge in [-0.05, 0) is 54.8 Å². The number of rotatable bonds is 6. The van der Waals surface area contributed by atoms with Crippen LogP contribution >= 0.6 is 0 Å². The summed E-state index contributed by atoms with van der Waals surface area (Å²) in [4.78, 5) is 18.9. The Bertz CT molecular complexity index is 921. The molecule has 0 saturated carbocycles. The molecule has 1 amide bonds. The minimum atomic E-state index is -0.107. The monoisotopic (exact) mass is 390 g/mol. The Balaban J connectivity index is 1.35. The van der Waals surface area contributed by atoms with Crippen LogP contribution in [0.4, 0.5) is 11.4 Å².